The molecule has 0 saturated heterocycles. The van der Waals surface area contributed by atoms with Crippen molar-refractivity contribution < 1.29 is 0 Å². The molecule has 1 aromatic carbocycles. The molecule has 106 valence electrons. The molecule has 0 aliphatic rings. The number of hydrogen-bond donors (Lipinski definition) is 1. The lowest BCUT2D eigenvalue weighted by atomic mass is 10.0. The summed E-state index contributed by atoms with van der Waals surface area (Å²) in [4.78, 5) is 4.52. The second-order valence-corrected chi connectivity index (χ2v) is 6.51. The summed E-state index contributed by atoms with van der Waals surface area (Å²) in [5, 5.41) is 3.35. The monoisotopic (exact) mass is 396 g/mol. The highest BCUT2D eigenvalue weighted by Gasteiger charge is 2.15. The first-order chi connectivity index (χ1) is 9.63. The predicted molar refractivity (Wildman–Crippen MR) is 91.0 cm³/mol. The smallest absolute Gasteiger partial charge is 0.0719 e. The average molecular weight is 398 g/mol. The van der Waals surface area contributed by atoms with Crippen molar-refractivity contribution in [1.82, 2.24) is 10.3 Å². The highest BCUT2D eigenvalue weighted by Crippen LogP contribution is 2.26. The number of nitrogens with one attached hydrogen (secondary N) is 1. The van der Waals surface area contributed by atoms with Crippen molar-refractivity contribution in [2.75, 3.05) is 7.05 Å². The Hall–Kier alpha value is -0.710. The molecule has 0 fully saturated rings. The molecule has 0 radical (unpaired) electrons. The van der Waals surface area contributed by atoms with E-state index in [4.69, 9.17) is 0 Å². The number of hydrogen-bond acceptors (Lipinski definition) is 2. The minimum absolute atomic E-state index is 0.199. The Morgan fingerprint density at radius 3 is 2.35 bits per heavy atom. The van der Waals surface area contributed by atoms with Crippen LogP contribution in [0.5, 0.6) is 0 Å². The summed E-state index contributed by atoms with van der Waals surface area (Å²) in [5.41, 5.74) is 3.73. The fourth-order valence-electron chi connectivity index (χ4n) is 2.16. The zero-order valence-electron chi connectivity index (χ0n) is 11.7. The van der Waals surface area contributed by atoms with Crippen LogP contribution in [0.4, 0.5) is 0 Å². The molecule has 0 spiro atoms. The van der Waals surface area contributed by atoms with E-state index in [0.717, 1.165) is 27.5 Å². The predicted octanol–water partition coefficient (Wildman–Crippen LogP) is 4.67. The van der Waals surface area contributed by atoms with Gasteiger partial charge in [0.25, 0.3) is 0 Å². The van der Waals surface area contributed by atoms with E-state index < -0.39 is 0 Å². The third-order valence-corrected chi connectivity index (χ3v) is 4.45. The fourth-order valence-corrected chi connectivity index (χ4v) is 3.43. The second kappa shape index (κ2) is 7.34. The van der Waals surface area contributed by atoms with Gasteiger partial charge in [0.05, 0.1) is 11.7 Å². The van der Waals surface area contributed by atoms with Gasteiger partial charge in [0.1, 0.15) is 0 Å². The number of likely N-dealkylation sites (N-methyl/N-ethyl adjacent to an activating group) is 1. The minimum Gasteiger partial charge on any atom is -0.311 e. The van der Waals surface area contributed by atoms with Gasteiger partial charge in [-0.15, -0.1) is 0 Å². The highest BCUT2D eigenvalue weighted by atomic mass is 79.9. The SMILES string of the molecule is CCc1ccc(CC(NC)c2ncc(Br)cc2Br)cc1. The summed E-state index contributed by atoms with van der Waals surface area (Å²) in [6.45, 7) is 2.17. The van der Waals surface area contributed by atoms with Crippen LogP contribution in [-0.2, 0) is 12.8 Å². The lowest BCUT2D eigenvalue weighted by Crippen LogP contribution is -2.20. The average Bonchev–Trinajstić information content (AvgIpc) is 2.46. The van der Waals surface area contributed by atoms with E-state index >= 15 is 0 Å². The molecule has 0 amide bonds. The molecule has 0 aliphatic carbocycles. The zero-order chi connectivity index (χ0) is 14.5. The quantitative estimate of drug-likeness (QED) is 0.792. The van der Waals surface area contributed by atoms with Crippen molar-refractivity contribution in [2.45, 2.75) is 25.8 Å². The molecule has 1 aromatic heterocycles. The van der Waals surface area contributed by atoms with E-state index in [2.05, 4.69) is 73.3 Å². The second-order valence-electron chi connectivity index (χ2n) is 4.74. The van der Waals surface area contributed by atoms with Crippen LogP contribution in [0.2, 0.25) is 0 Å². The molecule has 0 saturated carbocycles. The maximum absolute atomic E-state index is 4.52. The van der Waals surface area contributed by atoms with Crippen molar-refractivity contribution >= 4 is 31.9 Å². The van der Waals surface area contributed by atoms with Crippen LogP contribution < -0.4 is 5.32 Å². The van der Waals surface area contributed by atoms with Crippen molar-refractivity contribution in [2.24, 2.45) is 0 Å². The summed E-state index contributed by atoms with van der Waals surface area (Å²) in [6, 6.07) is 11.0. The lowest BCUT2D eigenvalue weighted by molar-refractivity contribution is 0.573. The van der Waals surface area contributed by atoms with E-state index in [-0.39, 0.29) is 6.04 Å². The Kier molecular flexibility index (Phi) is 5.75. The Bertz CT molecular complexity index is 567. The van der Waals surface area contributed by atoms with Gasteiger partial charge in [-0.1, -0.05) is 31.2 Å². The van der Waals surface area contributed by atoms with Gasteiger partial charge in [0, 0.05) is 15.1 Å². The van der Waals surface area contributed by atoms with Gasteiger partial charge >= 0.3 is 0 Å². The van der Waals surface area contributed by atoms with Crippen LogP contribution in [0.15, 0.2) is 45.5 Å². The Balaban J connectivity index is 2.19. The number of halogens is 2. The van der Waals surface area contributed by atoms with Gasteiger partial charge in [-0.3, -0.25) is 4.98 Å². The zero-order valence-corrected chi connectivity index (χ0v) is 14.8. The van der Waals surface area contributed by atoms with E-state index in [1.54, 1.807) is 0 Å². The van der Waals surface area contributed by atoms with Crippen molar-refractivity contribution in [1.29, 1.82) is 0 Å². The topological polar surface area (TPSA) is 24.9 Å². The standard InChI is InChI=1S/C16H18Br2N2/c1-3-11-4-6-12(7-5-11)8-15(19-2)16-14(18)9-13(17)10-20-16/h4-7,9-10,15,19H,3,8H2,1-2H3. The normalized spacial score (nSPS) is 12.4. The van der Waals surface area contributed by atoms with Gasteiger partial charge < -0.3 is 5.32 Å². The first-order valence-electron chi connectivity index (χ1n) is 6.70. The molecule has 20 heavy (non-hydrogen) atoms. The molecule has 2 rings (SSSR count). The number of aromatic nitrogens is 1. The molecular weight excluding hydrogens is 380 g/mol. The van der Waals surface area contributed by atoms with Gasteiger partial charge in [-0.05, 0) is 68.9 Å². The Morgan fingerprint density at radius 1 is 1.15 bits per heavy atom. The summed E-state index contributed by atoms with van der Waals surface area (Å²) in [7, 11) is 1.97. The summed E-state index contributed by atoms with van der Waals surface area (Å²) >= 11 is 7.03. The van der Waals surface area contributed by atoms with Crippen LogP contribution in [0.25, 0.3) is 0 Å². The Labute approximate surface area is 137 Å². The minimum atomic E-state index is 0.199. The third-order valence-electron chi connectivity index (χ3n) is 3.39. The van der Waals surface area contributed by atoms with Crippen LogP contribution in [0, 0.1) is 0 Å². The molecule has 1 unspecified atom stereocenters. The van der Waals surface area contributed by atoms with E-state index in [1.165, 1.54) is 11.1 Å². The number of benzene rings is 1. The van der Waals surface area contributed by atoms with Crippen LogP contribution >= 0.6 is 31.9 Å². The highest BCUT2D eigenvalue weighted by molar-refractivity contribution is 9.11. The molecule has 2 aromatic rings. The fraction of sp³-hybridized carbons (Fsp3) is 0.312. The van der Waals surface area contributed by atoms with Crippen LogP contribution in [0.3, 0.4) is 0 Å². The molecule has 0 aliphatic heterocycles. The third kappa shape index (κ3) is 3.90. The lowest BCUT2D eigenvalue weighted by Gasteiger charge is -2.17. The van der Waals surface area contributed by atoms with E-state index in [9.17, 15) is 0 Å². The molecule has 2 nitrogen and oxygen atoms in total. The van der Waals surface area contributed by atoms with Crippen LogP contribution in [-0.4, -0.2) is 12.0 Å². The molecule has 0 bridgehead atoms. The number of rotatable bonds is 5. The Morgan fingerprint density at radius 2 is 1.80 bits per heavy atom. The first-order valence-corrected chi connectivity index (χ1v) is 8.28. The maximum atomic E-state index is 4.52. The van der Waals surface area contributed by atoms with Gasteiger partial charge in [-0.2, -0.15) is 0 Å². The summed E-state index contributed by atoms with van der Waals surface area (Å²) in [5.74, 6) is 0. The van der Waals surface area contributed by atoms with E-state index in [0.29, 0.717) is 0 Å². The number of nitrogens with zero attached hydrogens (tertiary/aromatic N) is 1. The molecular formula is C16H18Br2N2. The number of pyridine rings is 1. The number of aryl methyl sites for hydroxylation is 1. The molecule has 1 heterocycles. The molecule has 1 N–H and O–H groups in total. The first kappa shape index (κ1) is 15.7. The molecule has 1 atom stereocenters. The maximum Gasteiger partial charge on any atom is 0.0719 e. The van der Waals surface area contributed by atoms with Crippen LogP contribution in [0.1, 0.15) is 29.8 Å². The van der Waals surface area contributed by atoms with Crippen molar-refractivity contribution in [3.63, 3.8) is 0 Å². The van der Waals surface area contributed by atoms with E-state index in [1.807, 2.05) is 19.3 Å². The largest absolute Gasteiger partial charge is 0.311 e. The summed E-state index contributed by atoms with van der Waals surface area (Å²) in [6.07, 6.45) is 3.84. The van der Waals surface area contributed by atoms with Gasteiger partial charge in [0.15, 0.2) is 0 Å². The van der Waals surface area contributed by atoms with Crippen molar-refractivity contribution in [3.05, 3.63) is 62.3 Å². The van der Waals surface area contributed by atoms with Crippen molar-refractivity contribution in [3.8, 4) is 0 Å². The summed E-state index contributed by atoms with van der Waals surface area (Å²) < 4.78 is 2.01. The molecule has 4 heteroatoms. The van der Waals surface area contributed by atoms with Gasteiger partial charge in [0.2, 0.25) is 0 Å². The van der Waals surface area contributed by atoms with Gasteiger partial charge in [-0.25, -0.2) is 0 Å².